The number of carbonyl (C=O) groups is 2. The van der Waals surface area contributed by atoms with E-state index < -0.39 is 28.5 Å². The van der Waals surface area contributed by atoms with E-state index in [-0.39, 0.29) is 29.2 Å². The van der Waals surface area contributed by atoms with Gasteiger partial charge in [0.05, 0.1) is 24.1 Å². The van der Waals surface area contributed by atoms with Crippen molar-refractivity contribution in [2.75, 3.05) is 24.2 Å². The third-order valence-corrected chi connectivity index (χ3v) is 7.82. The maximum atomic E-state index is 13.8. The van der Waals surface area contributed by atoms with Crippen LogP contribution in [0.25, 0.3) is 0 Å². The van der Waals surface area contributed by atoms with Gasteiger partial charge in [0.2, 0.25) is 21.8 Å². The number of methoxy groups -OCH3 is 1. The van der Waals surface area contributed by atoms with Crippen LogP contribution in [0.2, 0.25) is 5.02 Å². The lowest BCUT2D eigenvalue weighted by Gasteiger charge is -2.33. The minimum Gasteiger partial charge on any atom is -0.497 e. The molecule has 3 rings (SSSR count). The summed E-state index contributed by atoms with van der Waals surface area (Å²) >= 11 is 6.28. The second-order valence-electron chi connectivity index (χ2n) is 9.01. The number of para-hydroxylation sites is 1. The molecule has 1 aliphatic rings. The maximum Gasteiger partial charge on any atom is 0.244 e. The fourth-order valence-corrected chi connectivity index (χ4v) is 5.65. The smallest absolute Gasteiger partial charge is 0.244 e. The highest BCUT2D eigenvalue weighted by atomic mass is 35.5. The van der Waals surface area contributed by atoms with Gasteiger partial charge < -0.3 is 15.0 Å². The van der Waals surface area contributed by atoms with Gasteiger partial charge in [-0.15, -0.1) is 0 Å². The number of carbonyl (C=O) groups excluding carboxylic acids is 2. The number of rotatable bonds is 11. The van der Waals surface area contributed by atoms with Gasteiger partial charge in [-0.25, -0.2) is 8.42 Å². The zero-order valence-corrected chi connectivity index (χ0v) is 22.5. The molecule has 0 radical (unpaired) electrons. The summed E-state index contributed by atoms with van der Waals surface area (Å²) in [4.78, 5) is 28.5. The van der Waals surface area contributed by atoms with Crippen LogP contribution in [0.1, 0.15) is 44.6 Å². The van der Waals surface area contributed by atoms with Crippen LogP contribution in [0.5, 0.6) is 5.75 Å². The Labute approximate surface area is 218 Å². The van der Waals surface area contributed by atoms with Gasteiger partial charge in [0.1, 0.15) is 18.3 Å². The minimum absolute atomic E-state index is 0.0935. The van der Waals surface area contributed by atoms with Crippen molar-refractivity contribution in [3.63, 3.8) is 0 Å². The molecule has 1 N–H and O–H groups in total. The number of halogens is 1. The van der Waals surface area contributed by atoms with E-state index in [9.17, 15) is 18.0 Å². The predicted molar refractivity (Wildman–Crippen MR) is 142 cm³/mol. The zero-order valence-electron chi connectivity index (χ0n) is 20.9. The molecule has 2 amide bonds. The molecule has 1 fully saturated rings. The molecule has 2 aromatic rings. The summed E-state index contributed by atoms with van der Waals surface area (Å²) in [5, 5.41) is 3.30. The first-order valence-electron chi connectivity index (χ1n) is 12.1. The molecule has 1 saturated carbocycles. The third-order valence-electron chi connectivity index (χ3n) is 6.37. The quantitative estimate of drug-likeness (QED) is 0.469. The molecule has 8 nitrogen and oxygen atoms in total. The van der Waals surface area contributed by atoms with Gasteiger partial charge in [-0.3, -0.25) is 13.9 Å². The largest absolute Gasteiger partial charge is 0.497 e. The van der Waals surface area contributed by atoms with Gasteiger partial charge in [0, 0.05) is 12.6 Å². The summed E-state index contributed by atoms with van der Waals surface area (Å²) in [7, 11) is -2.29. The topological polar surface area (TPSA) is 96.0 Å². The Morgan fingerprint density at radius 2 is 1.83 bits per heavy atom. The highest BCUT2D eigenvalue weighted by Crippen LogP contribution is 2.28. The van der Waals surface area contributed by atoms with Crippen LogP contribution in [0.3, 0.4) is 0 Å². The normalized spacial score (nSPS) is 14.8. The molecule has 0 aliphatic heterocycles. The second-order valence-corrected chi connectivity index (χ2v) is 11.3. The molecule has 1 aliphatic carbocycles. The van der Waals surface area contributed by atoms with Crippen LogP contribution in [0, 0.1) is 0 Å². The molecule has 0 bridgehead atoms. The average Bonchev–Trinajstić information content (AvgIpc) is 3.35. The number of hydrogen-bond donors (Lipinski definition) is 1. The molecule has 2 aromatic carbocycles. The maximum absolute atomic E-state index is 13.8. The molecular formula is C26H34ClN3O5S. The molecule has 1 unspecified atom stereocenters. The van der Waals surface area contributed by atoms with Crippen molar-refractivity contribution in [1.29, 1.82) is 0 Å². The third kappa shape index (κ3) is 7.13. The Morgan fingerprint density at radius 1 is 1.14 bits per heavy atom. The number of ether oxygens (including phenoxy) is 1. The zero-order chi connectivity index (χ0) is 26.3. The van der Waals surface area contributed by atoms with Gasteiger partial charge in [-0.05, 0) is 49.1 Å². The van der Waals surface area contributed by atoms with Gasteiger partial charge in [0.15, 0.2) is 0 Å². The van der Waals surface area contributed by atoms with Gasteiger partial charge in [-0.1, -0.05) is 55.6 Å². The van der Waals surface area contributed by atoms with E-state index in [4.69, 9.17) is 16.3 Å². The molecule has 196 valence electrons. The first kappa shape index (κ1) is 27.8. The number of hydrogen-bond acceptors (Lipinski definition) is 5. The number of nitrogens with one attached hydrogen (secondary N) is 1. The lowest BCUT2D eigenvalue weighted by molar-refractivity contribution is -0.140. The molecule has 36 heavy (non-hydrogen) atoms. The van der Waals surface area contributed by atoms with Crippen LogP contribution in [-0.4, -0.2) is 57.1 Å². The summed E-state index contributed by atoms with van der Waals surface area (Å²) in [5.74, 6) is -0.113. The van der Waals surface area contributed by atoms with E-state index >= 15 is 0 Å². The standard InChI is InChI=1S/C26H34ClN3O5S/c1-4-23(26(32)28-20-11-5-6-12-20)29(17-19-10-9-13-21(16-19)35-2)25(31)18-30(36(3,33)34)24-15-8-7-14-22(24)27/h7-10,13-16,20,23H,4-6,11-12,17-18H2,1-3H3,(H,28,32). The molecule has 1 atom stereocenters. The summed E-state index contributed by atoms with van der Waals surface area (Å²) in [6.07, 6.45) is 5.37. The second kappa shape index (κ2) is 12.5. The summed E-state index contributed by atoms with van der Waals surface area (Å²) in [6.45, 7) is 1.47. The van der Waals surface area contributed by atoms with Crippen LogP contribution >= 0.6 is 11.6 Å². The minimum atomic E-state index is -3.84. The summed E-state index contributed by atoms with van der Waals surface area (Å²) < 4.78 is 31.7. The van der Waals surface area contributed by atoms with Crippen LogP contribution in [0.15, 0.2) is 48.5 Å². The molecule has 10 heteroatoms. The van der Waals surface area contributed by atoms with Crippen molar-refractivity contribution >= 4 is 39.1 Å². The summed E-state index contributed by atoms with van der Waals surface area (Å²) in [5.41, 5.74) is 0.971. The number of benzene rings is 2. The lowest BCUT2D eigenvalue weighted by atomic mass is 10.1. The predicted octanol–water partition coefficient (Wildman–Crippen LogP) is 3.98. The molecule has 0 heterocycles. The van der Waals surface area contributed by atoms with E-state index in [1.165, 1.54) is 4.90 Å². The van der Waals surface area contributed by atoms with Crippen molar-refractivity contribution in [2.45, 2.75) is 57.7 Å². The first-order valence-corrected chi connectivity index (χ1v) is 14.3. The Bertz CT molecular complexity index is 1170. The lowest BCUT2D eigenvalue weighted by Crippen LogP contribution is -2.53. The SMILES string of the molecule is CCC(C(=O)NC1CCCC1)N(Cc1cccc(OC)c1)C(=O)CN(c1ccccc1Cl)S(C)(=O)=O. The number of anilines is 1. The van der Waals surface area contributed by atoms with Crippen LogP contribution in [-0.2, 0) is 26.2 Å². The van der Waals surface area contributed by atoms with E-state index in [1.807, 2.05) is 19.1 Å². The molecule has 0 spiro atoms. The van der Waals surface area contributed by atoms with Gasteiger partial charge in [-0.2, -0.15) is 0 Å². The summed E-state index contributed by atoms with van der Waals surface area (Å²) in [6, 6.07) is 13.0. The van der Waals surface area contributed by atoms with E-state index in [0.717, 1.165) is 41.8 Å². The fourth-order valence-electron chi connectivity index (χ4n) is 4.50. The number of sulfonamides is 1. The monoisotopic (exact) mass is 535 g/mol. The van der Waals surface area contributed by atoms with Crippen molar-refractivity contribution in [1.82, 2.24) is 10.2 Å². The molecule has 0 saturated heterocycles. The Kier molecular flexibility index (Phi) is 9.62. The Balaban J connectivity index is 1.94. The van der Waals surface area contributed by atoms with Crippen molar-refractivity contribution in [3.8, 4) is 5.75 Å². The fraction of sp³-hybridized carbons (Fsp3) is 0.462. The molecular weight excluding hydrogens is 502 g/mol. The van der Waals surface area contributed by atoms with E-state index in [1.54, 1.807) is 43.5 Å². The van der Waals surface area contributed by atoms with Crippen molar-refractivity contribution in [2.24, 2.45) is 0 Å². The number of nitrogens with zero attached hydrogens (tertiary/aromatic N) is 2. The first-order chi connectivity index (χ1) is 17.1. The van der Waals surface area contributed by atoms with Crippen molar-refractivity contribution < 1.29 is 22.7 Å². The van der Waals surface area contributed by atoms with E-state index in [2.05, 4.69) is 5.32 Å². The Hall–Kier alpha value is -2.78. The van der Waals surface area contributed by atoms with Crippen LogP contribution in [0.4, 0.5) is 5.69 Å². The van der Waals surface area contributed by atoms with Crippen molar-refractivity contribution in [3.05, 3.63) is 59.1 Å². The van der Waals surface area contributed by atoms with Gasteiger partial charge >= 0.3 is 0 Å². The average molecular weight is 536 g/mol. The van der Waals surface area contributed by atoms with E-state index in [0.29, 0.717) is 12.2 Å². The highest BCUT2D eigenvalue weighted by molar-refractivity contribution is 7.92. The molecule has 0 aromatic heterocycles. The van der Waals surface area contributed by atoms with Gasteiger partial charge in [0.25, 0.3) is 0 Å². The number of amides is 2. The highest BCUT2D eigenvalue weighted by Gasteiger charge is 2.33. The Morgan fingerprint density at radius 3 is 2.44 bits per heavy atom. The van der Waals surface area contributed by atoms with Crippen LogP contribution < -0.4 is 14.4 Å².